The van der Waals surface area contributed by atoms with Crippen molar-refractivity contribution in [2.24, 2.45) is 0 Å². The molecular weight excluding hydrogens is 446 g/mol. The molecule has 174 valence electrons. The summed E-state index contributed by atoms with van der Waals surface area (Å²) in [6.07, 6.45) is 5.20. The molecule has 1 amide bonds. The third-order valence-corrected chi connectivity index (χ3v) is 5.94. The summed E-state index contributed by atoms with van der Waals surface area (Å²) >= 11 is 6.05. The zero-order valence-corrected chi connectivity index (χ0v) is 20.2. The van der Waals surface area contributed by atoms with Crippen molar-refractivity contribution in [1.29, 1.82) is 0 Å². The Labute approximate surface area is 205 Å². The van der Waals surface area contributed by atoms with Gasteiger partial charge < -0.3 is 14.5 Å². The molecule has 0 saturated carbocycles. The third kappa shape index (κ3) is 5.70. The molecule has 34 heavy (non-hydrogen) atoms. The standard InChI is InChI=1S/C29H28ClNO3/c1-3-33-27-18-28-25(26(19-34-28)22-11-13-23(30)14-12-22)17-24(27)20(2)16-29(32)31-15-7-10-21-8-5-4-6-9-21/h4-6,8-9,11-14,16-19H,3,7,10,15H2,1-2H3,(H,31,32)/b20-16+. The van der Waals surface area contributed by atoms with Gasteiger partial charge in [0, 0.05) is 40.2 Å². The number of allylic oxidation sites excluding steroid dienone is 1. The number of rotatable bonds is 9. The molecule has 0 radical (unpaired) electrons. The lowest BCUT2D eigenvalue weighted by atomic mass is 9.99. The number of benzene rings is 3. The second-order valence-electron chi connectivity index (χ2n) is 8.14. The number of aryl methyl sites for hydroxylation is 1. The Morgan fingerprint density at radius 2 is 1.85 bits per heavy atom. The lowest BCUT2D eigenvalue weighted by molar-refractivity contribution is -0.116. The predicted octanol–water partition coefficient (Wildman–Crippen LogP) is 7.30. The van der Waals surface area contributed by atoms with Gasteiger partial charge in [-0.1, -0.05) is 54.1 Å². The lowest BCUT2D eigenvalue weighted by Crippen LogP contribution is -2.22. The minimum absolute atomic E-state index is 0.113. The normalized spacial score (nSPS) is 11.6. The van der Waals surface area contributed by atoms with Gasteiger partial charge in [0.1, 0.15) is 11.3 Å². The van der Waals surface area contributed by atoms with Gasteiger partial charge in [-0.25, -0.2) is 0 Å². The molecule has 4 nitrogen and oxygen atoms in total. The monoisotopic (exact) mass is 473 g/mol. The van der Waals surface area contributed by atoms with Gasteiger partial charge in [0.15, 0.2) is 0 Å². The molecule has 0 bridgehead atoms. The summed E-state index contributed by atoms with van der Waals surface area (Å²) in [7, 11) is 0. The predicted molar refractivity (Wildman–Crippen MR) is 139 cm³/mol. The summed E-state index contributed by atoms with van der Waals surface area (Å²) in [4.78, 5) is 12.6. The van der Waals surface area contributed by atoms with Crippen LogP contribution in [-0.2, 0) is 11.2 Å². The molecular formula is C29H28ClNO3. The van der Waals surface area contributed by atoms with Gasteiger partial charge in [0.2, 0.25) is 5.91 Å². The molecule has 0 unspecified atom stereocenters. The van der Waals surface area contributed by atoms with Gasteiger partial charge in [-0.15, -0.1) is 0 Å². The van der Waals surface area contributed by atoms with Gasteiger partial charge in [0.05, 0.1) is 12.9 Å². The average molecular weight is 474 g/mol. The summed E-state index contributed by atoms with van der Waals surface area (Å²) in [5.74, 6) is 0.579. The van der Waals surface area contributed by atoms with Gasteiger partial charge in [-0.3, -0.25) is 4.79 Å². The Balaban J connectivity index is 1.53. The molecule has 1 N–H and O–H groups in total. The van der Waals surface area contributed by atoms with E-state index in [4.69, 9.17) is 20.8 Å². The van der Waals surface area contributed by atoms with E-state index in [1.807, 2.05) is 68.4 Å². The summed E-state index contributed by atoms with van der Waals surface area (Å²) in [5, 5.41) is 4.63. The number of amides is 1. The second kappa shape index (κ2) is 11.1. The molecule has 3 aromatic carbocycles. The fourth-order valence-electron chi connectivity index (χ4n) is 3.97. The number of hydrogen-bond donors (Lipinski definition) is 1. The van der Waals surface area contributed by atoms with Crippen LogP contribution in [0.15, 0.2) is 83.5 Å². The van der Waals surface area contributed by atoms with Crippen LogP contribution in [0.5, 0.6) is 5.75 Å². The van der Waals surface area contributed by atoms with Crippen LogP contribution < -0.4 is 10.1 Å². The molecule has 0 aliphatic carbocycles. The summed E-state index contributed by atoms with van der Waals surface area (Å²) < 4.78 is 11.7. The first-order valence-corrected chi connectivity index (χ1v) is 11.9. The van der Waals surface area contributed by atoms with Gasteiger partial charge in [-0.05, 0) is 61.6 Å². The van der Waals surface area contributed by atoms with Crippen LogP contribution in [0.3, 0.4) is 0 Å². The van der Waals surface area contributed by atoms with E-state index >= 15 is 0 Å². The van der Waals surface area contributed by atoms with E-state index < -0.39 is 0 Å². The van der Waals surface area contributed by atoms with E-state index in [2.05, 4.69) is 17.4 Å². The lowest BCUT2D eigenvalue weighted by Gasteiger charge is -2.12. The van der Waals surface area contributed by atoms with Gasteiger partial charge >= 0.3 is 0 Å². The second-order valence-corrected chi connectivity index (χ2v) is 8.58. The molecule has 0 spiro atoms. The fourth-order valence-corrected chi connectivity index (χ4v) is 4.09. The van der Waals surface area contributed by atoms with E-state index in [1.54, 1.807) is 12.3 Å². The van der Waals surface area contributed by atoms with Crippen molar-refractivity contribution in [3.8, 4) is 16.9 Å². The molecule has 1 heterocycles. The number of carbonyl (C=O) groups is 1. The Hall–Kier alpha value is -3.50. The minimum Gasteiger partial charge on any atom is -0.493 e. The van der Waals surface area contributed by atoms with E-state index in [1.165, 1.54) is 5.56 Å². The fraction of sp³-hybridized carbons (Fsp3) is 0.207. The largest absolute Gasteiger partial charge is 0.493 e. The van der Waals surface area contributed by atoms with Crippen LogP contribution in [0.4, 0.5) is 0 Å². The zero-order chi connectivity index (χ0) is 23.9. The molecule has 0 aliphatic heterocycles. The smallest absolute Gasteiger partial charge is 0.244 e. The van der Waals surface area contributed by atoms with Crippen molar-refractivity contribution in [3.63, 3.8) is 0 Å². The van der Waals surface area contributed by atoms with Gasteiger partial charge in [0.25, 0.3) is 0 Å². The third-order valence-electron chi connectivity index (χ3n) is 5.69. The maximum Gasteiger partial charge on any atom is 0.244 e. The van der Waals surface area contributed by atoms with Crippen molar-refractivity contribution in [2.45, 2.75) is 26.7 Å². The van der Waals surface area contributed by atoms with Crippen molar-refractivity contribution in [3.05, 3.63) is 95.2 Å². The molecule has 4 aromatic rings. The topological polar surface area (TPSA) is 51.5 Å². The summed E-state index contributed by atoms with van der Waals surface area (Å²) in [6, 6.07) is 21.9. The van der Waals surface area contributed by atoms with E-state index in [9.17, 15) is 4.79 Å². The molecule has 0 saturated heterocycles. The highest BCUT2D eigenvalue weighted by Crippen LogP contribution is 2.37. The maximum absolute atomic E-state index is 12.6. The van der Waals surface area contributed by atoms with E-state index in [-0.39, 0.29) is 5.91 Å². The van der Waals surface area contributed by atoms with Crippen LogP contribution in [0.1, 0.15) is 31.4 Å². The van der Waals surface area contributed by atoms with Crippen molar-refractivity contribution in [1.82, 2.24) is 5.32 Å². The van der Waals surface area contributed by atoms with Crippen molar-refractivity contribution >= 4 is 34.1 Å². The number of carbonyl (C=O) groups excluding carboxylic acids is 1. The number of ether oxygens (including phenoxy) is 1. The van der Waals surface area contributed by atoms with E-state index in [0.29, 0.717) is 23.9 Å². The van der Waals surface area contributed by atoms with Gasteiger partial charge in [-0.2, -0.15) is 0 Å². The average Bonchev–Trinajstić information content (AvgIpc) is 3.25. The van der Waals surface area contributed by atoms with Crippen molar-refractivity contribution in [2.75, 3.05) is 13.2 Å². The molecule has 0 atom stereocenters. The molecule has 0 fully saturated rings. The molecule has 4 rings (SSSR count). The summed E-state index contributed by atoms with van der Waals surface area (Å²) in [6.45, 7) is 5.00. The minimum atomic E-state index is -0.113. The molecule has 5 heteroatoms. The van der Waals surface area contributed by atoms with Crippen molar-refractivity contribution < 1.29 is 13.9 Å². The first kappa shape index (κ1) is 23.7. The highest BCUT2D eigenvalue weighted by atomic mass is 35.5. The Morgan fingerprint density at radius 1 is 1.09 bits per heavy atom. The highest BCUT2D eigenvalue weighted by molar-refractivity contribution is 6.30. The highest BCUT2D eigenvalue weighted by Gasteiger charge is 2.15. The number of fused-ring (bicyclic) bond motifs is 1. The van der Waals surface area contributed by atoms with Crippen LogP contribution in [0.25, 0.3) is 27.7 Å². The Kier molecular flexibility index (Phi) is 7.71. The molecule has 1 aromatic heterocycles. The molecule has 0 aliphatic rings. The van der Waals surface area contributed by atoms with E-state index in [0.717, 1.165) is 46.1 Å². The van der Waals surface area contributed by atoms with Crippen LogP contribution >= 0.6 is 11.6 Å². The number of halogens is 1. The SMILES string of the molecule is CCOc1cc2occ(-c3ccc(Cl)cc3)c2cc1/C(C)=C/C(=O)NCCCc1ccccc1. The Bertz CT molecular complexity index is 1290. The first-order valence-electron chi connectivity index (χ1n) is 11.5. The van der Waals surface area contributed by atoms with Crippen LogP contribution in [-0.4, -0.2) is 19.1 Å². The number of nitrogens with one attached hydrogen (secondary N) is 1. The first-order chi connectivity index (χ1) is 16.5. The zero-order valence-electron chi connectivity index (χ0n) is 19.4. The quantitative estimate of drug-likeness (QED) is 0.205. The number of hydrogen-bond acceptors (Lipinski definition) is 3. The Morgan fingerprint density at radius 3 is 2.59 bits per heavy atom. The van der Waals surface area contributed by atoms with Crippen LogP contribution in [0.2, 0.25) is 5.02 Å². The number of furan rings is 1. The summed E-state index contributed by atoms with van der Waals surface area (Å²) in [5.41, 5.74) is 5.68. The van der Waals surface area contributed by atoms with Crippen LogP contribution in [0, 0.1) is 0 Å². The maximum atomic E-state index is 12.6.